The molecule has 1 amide bonds. The Hall–Kier alpha value is -2.22. The van der Waals surface area contributed by atoms with Gasteiger partial charge in [0.25, 0.3) is 5.91 Å². The Balaban J connectivity index is 1.41. The van der Waals surface area contributed by atoms with Gasteiger partial charge in [-0.25, -0.2) is 0 Å². The fraction of sp³-hybridized carbons (Fsp3) is 0.700. The predicted octanol–water partition coefficient (Wildman–Crippen LogP) is 2.13. The molecule has 2 aliphatic heterocycles. The monoisotopic (exact) mass is 385 g/mol. The van der Waals surface area contributed by atoms with Crippen molar-refractivity contribution in [2.75, 3.05) is 26.2 Å². The van der Waals surface area contributed by atoms with E-state index in [-0.39, 0.29) is 5.91 Å². The van der Waals surface area contributed by atoms with Gasteiger partial charge in [-0.05, 0) is 58.7 Å². The number of hydrogen-bond donors (Lipinski definition) is 0. The van der Waals surface area contributed by atoms with Crippen molar-refractivity contribution >= 4 is 5.91 Å². The van der Waals surface area contributed by atoms with Crippen molar-refractivity contribution in [1.29, 1.82) is 0 Å². The summed E-state index contributed by atoms with van der Waals surface area (Å²) in [5.41, 5.74) is 0.686. The van der Waals surface area contributed by atoms with Gasteiger partial charge in [-0.2, -0.15) is 5.10 Å². The van der Waals surface area contributed by atoms with Crippen LogP contribution >= 0.6 is 0 Å². The van der Waals surface area contributed by atoms with Gasteiger partial charge < -0.3 is 9.47 Å². The maximum atomic E-state index is 12.8. The summed E-state index contributed by atoms with van der Waals surface area (Å²) in [6, 6.07) is 1.82. The van der Waals surface area contributed by atoms with Gasteiger partial charge in [-0.3, -0.25) is 14.4 Å². The molecule has 0 unspecified atom stereocenters. The zero-order valence-corrected chi connectivity index (χ0v) is 17.0. The molecule has 4 rings (SSSR count). The van der Waals surface area contributed by atoms with Gasteiger partial charge in [0.2, 0.25) is 0 Å². The zero-order chi connectivity index (χ0) is 19.5. The second kappa shape index (κ2) is 8.43. The standard InChI is InChI=1S/C20H31N7O/c1-3-26-18(15-24-11-5-6-12-24)22-23-19(26)16-8-13-25(14-9-16)20(28)17-7-10-21-27(17)4-2/h7,10,16H,3-6,8-9,11-15H2,1-2H3. The first-order chi connectivity index (χ1) is 13.7. The highest BCUT2D eigenvalue weighted by molar-refractivity contribution is 5.92. The lowest BCUT2D eigenvalue weighted by Crippen LogP contribution is -2.39. The summed E-state index contributed by atoms with van der Waals surface area (Å²) in [6.45, 7) is 10.6. The van der Waals surface area contributed by atoms with Crippen LogP contribution in [0.3, 0.4) is 0 Å². The molecule has 2 aliphatic rings. The number of amides is 1. The molecule has 0 aromatic carbocycles. The minimum atomic E-state index is 0.0875. The van der Waals surface area contributed by atoms with Crippen molar-refractivity contribution < 1.29 is 4.79 Å². The third kappa shape index (κ3) is 3.70. The molecule has 0 radical (unpaired) electrons. The summed E-state index contributed by atoms with van der Waals surface area (Å²) in [7, 11) is 0. The van der Waals surface area contributed by atoms with E-state index < -0.39 is 0 Å². The van der Waals surface area contributed by atoms with E-state index in [1.165, 1.54) is 25.9 Å². The van der Waals surface area contributed by atoms with Crippen LogP contribution in [0.2, 0.25) is 0 Å². The molecular formula is C20H31N7O. The van der Waals surface area contributed by atoms with Crippen LogP contribution in [0.25, 0.3) is 0 Å². The average Bonchev–Trinajstić information content (AvgIpc) is 3.48. The SMILES string of the molecule is CCn1nccc1C(=O)N1CCC(c2nnc(CN3CCCC3)n2CC)CC1. The molecular weight excluding hydrogens is 354 g/mol. The molecule has 8 nitrogen and oxygen atoms in total. The van der Waals surface area contributed by atoms with Gasteiger partial charge in [0, 0.05) is 38.3 Å². The lowest BCUT2D eigenvalue weighted by atomic mass is 9.95. The first-order valence-corrected chi connectivity index (χ1v) is 10.7. The Bertz CT molecular complexity index is 797. The normalized spacial score (nSPS) is 18.9. The zero-order valence-electron chi connectivity index (χ0n) is 17.0. The molecule has 28 heavy (non-hydrogen) atoms. The molecule has 0 saturated carbocycles. The topological polar surface area (TPSA) is 72.1 Å². The molecule has 8 heteroatoms. The quantitative estimate of drug-likeness (QED) is 0.762. The van der Waals surface area contributed by atoms with E-state index in [0.29, 0.717) is 18.2 Å². The smallest absolute Gasteiger partial charge is 0.272 e. The molecule has 152 valence electrons. The highest BCUT2D eigenvalue weighted by Gasteiger charge is 2.29. The highest BCUT2D eigenvalue weighted by Crippen LogP contribution is 2.28. The first kappa shape index (κ1) is 19.1. The first-order valence-electron chi connectivity index (χ1n) is 10.7. The van der Waals surface area contributed by atoms with Crippen molar-refractivity contribution in [3.8, 4) is 0 Å². The average molecular weight is 386 g/mol. The third-order valence-electron chi connectivity index (χ3n) is 6.12. The summed E-state index contributed by atoms with van der Waals surface area (Å²) < 4.78 is 4.07. The molecule has 2 fully saturated rings. The van der Waals surface area contributed by atoms with Crippen LogP contribution < -0.4 is 0 Å². The van der Waals surface area contributed by atoms with E-state index in [4.69, 9.17) is 0 Å². The van der Waals surface area contributed by atoms with Crippen LogP contribution in [-0.2, 0) is 19.6 Å². The Labute approximate surface area is 166 Å². The van der Waals surface area contributed by atoms with Crippen molar-refractivity contribution in [1.82, 2.24) is 34.3 Å². The summed E-state index contributed by atoms with van der Waals surface area (Å²) in [4.78, 5) is 17.3. The number of nitrogens with zero attached hydrogens (tertiary/aromatic N) is 7. The van der Waals surface area contributed by atoms with E-state index in [9.17, 15) is 4.79 Å². The van der Waals surface area contributed by atoms with Crippen LogP contribution in [0.1, 0.15) is 67.6 Å². The number of carbonyl (C=O) groups is 1. The molecule has 0 spiro atoms. The lowest BCUT2D eigenvalue weighted by Gasteiger charge is -2.31. The van der Waals surface area contributed by atoms with Gasteiger partial charge in [0.15, 0.2) is 0 Å². The fourth-order valence-corrected chi connectivity index (χ4v) is 4.52. The van der Waals surface area contributed by atoms with Crippen LogP contribution in [0.5, 0.6) is 0 Å². The minimum absolute atomic E-state index is 0.0875. The molecule has 2 saturated heterocycles. The second-order valence-electron chi connectivity index (χ2n) is 7.80. The van der Waals surface area contributed by atoms with E-state index in [1.54, 1.807) is 10.9 Å². The molecule has 4 heterocycles. The van der Waals surface area contributed by atoms with Crippen molar-refractivity contribution in [3.63, 3.8) is 0 Å². The maximum absolute atomic E-state index is 12.8. The predicted molar refractivity (Wildman–Crippen MR) is 106 cm³/mol. The second-order valence-corrected chi connectivity index (χ2v) is 7.80. The number of carbonyl (C=O) groups excluding carboxylic acids is 1. The van der Waals surface area contributed by atoms with Crippen molar-refractivity contribution in [2.45, 2.75) is 65.1 Å². The Kier molecular flexibility index (Phi) is 5.75. The van der Waals surface area contributed by atoms with Gasteiger partial charge in [0.1, 0.15) is 17.3 Å². The van der Waals surface area contributed by atoms with Crippen LogP contribution in [-0.4, -0.2) is 66.4 Å². The molecule has 0 N–H and O–H groups in total. The molecule has 2 aromatic heterocycles. The molecule has 0 aliphatic carbocycles. The number of piperidine rings is 1. The summed E-state index contributed by atoms with van der Waals surface area (Å²) >= 11 is 0. The Morgan fingerprint density at radius 3 is 2.50 bits per heavy atom. The highest BCUT2D eigenvalue weighted by atomic mass is 16.2. The third-order valence-corrected chi connectivity index (χ3v) is 6.12. The largest absolute Gasteiger partial charge is 0.337 e. The number of rotatable bonds is 6. The van der Waals surface area contributed by atoms with Crippen LogP contribution in [0.4, 0.5) is 0 Å². The fourth-order valence-electron chi connectivity index (χ4n) is 4.52. The Morgan fingerprint density at radius 1 is 1.07 bits per heavy atom. The van der Waals surface area contributed by atoms with E-state index >= 15 is 0 Å². The minimum Gasteiger partial charge on any atom is -0.337 e. The van der Waals surface area contributed by atoms with E-state index in [0.717, 1.165) is 50.7 Å². The number of hydrogen-bond acceptors (Lipinski definition) is 5. The van der Waals surface area contributed by atoms with Crippen LogP contribution in [0.15, 0.2) is 12.3 Å². The van der Waals surface area contributed by atoms with Crippen LogP contribution in [0, 0.1) is 0 Å². The van der Waals surface area contributed by atoms with Gasteiger partial charge in [-0.1, -0.05) is 0 Å². The molecule has 0 bridgehead atoms. The lowest BCUT2D eigenvalue weighted by molar-refractivity contribution is 0.0697. The number of aromatic nitrogens is 5. The number of aryl methyl sites for hydroxylation is 1. The van der Waals surface area contributed by atoms with Crippen molar-refractivity contribution in [3.05, 3.63) is 29.6 Å². The van der Waals surface area contributed by atoms with E-state index in [1.807, 2.05) is 17.9 Å². The molecule has 2 aromatic rings. The van der Waals surface area contributed by atoms with Gasteiger partial charge in [0.05, 0.1) is 6.54 Å². The maximum Gasteiger partial charge on any atom is 0.272 e. The summed E-state index contributed by atoms with van der Waals surface area (Å²) in [5.74, 6) is 2.65. The summed E-state index contributed by atoms with van der Waals surface area (Å²) in [6.07, 6.45) is 6.16. The van der Waals surface area contributed by atoms with Crippen molar-refractivity contribution in [2.24, 2.45) is 0 Å². The van der Waals surface area contributed by atoms with E-state index in [2.05, 4.69) is 31.7 Å². The van der Waals surface area contributed by atoms with Gasteiger partial charge in [-0.15, -0.1) is 10.2 Å². The Morgan fingerprint density at radius 2 is 1.82 bits per heavy atom. The number of likely N-dealkylation sites (tertiary alicyclic amines) is 2. The molecule has 0 atom stereocenters. The summed E-state index contributed by atoms with van der Waals surface area (Å²) in [5, 5.41) is 13.3. The van der Waals surface area contributed by atoms with Gasteiger partial charge >= 0.3 is 0 Å².